The summed E-state index contributed by atoms with van der Waals surface area (Å²) in [5.74, 6) is 1.94. The van der Waals surface area contributed by atoms with E-state index >= 15 is 0 Å². The smallest absolute Gasteiger partial charge is 0.273 e. The number of aromatic amines is 1. The largest absolute Gasteiger partial charge is 0.507 e. The zero-order valence-corrected chi connectivity index (χ0v) is 21.4. The minimum atomic E-state index is -0.356. The highest BCUT2D eigenvalue weighted by Crippen LogP contribution is 2.46. The van der Waals surface area contributed by atoms with Gasteiger partial charge in [0.05, 0.1) is 19.8 Å². The Kier molecular flexibility index (Phi) is 7.05. The number of benzene rings is 2. The van der Waals surface area contributed by atoms with Crippen molar-refractivity contribution in [2.45, 2.75) is 53.5 Å². The van der Waals surface area contributed by atoms with Crippen molar-refractivity contribution in [3.63, 3.8) is 0 Å². The highest BCUT2D eigenvalue weighted by Gasteiger charge is 2.42. The third-order valence-electron chi connectivity index (χ3n) is 6.48. The number of aromatic nitrogens is 2. The maximum absolute atomic E-state index is 13.4. The van der Waals surface area contributed by atoms with Crippen LogP contribution in [0.5, 0.6) is 17.2 Å². The number of aromatic hydroxyl groups is 1. The zero-order chi connectivity index (χ0) is 25.3. The number of carbonyl (C=O) groups is 1. The second-order valence-electron chi connectivity index (χ2n) is 9.68. The highest BCUT2D eigenvalue weighted by molar-refractivity contribution is 6.00. The van der Waals surface area contributed by atoms with Gasteiger partial charge in [0, 0.05) is 17.7 Å². The average molecular weight is 478 g/mol. The van der Waals surface area contributed by atoms with Crippen LogP contribution < -0.4 is 9.47 Å². The molecule has 1 atom stereocenters. The topological polar surface area (TPSA) is 87.7 Å². The van der Waals surface area contributed by atoms with Crippen molar-refractivity contribution in [3.05, 3.63) is 58.3 Å². The highest BCUT2D eigenvalue weighted by atomic mass is 16.5. The Hall–Kier alpha value is -3.48. The molecule has 0 bridgehead atoms. The van der Waals surface area contributed by atoms with Crippen molar-refractivity contribution in [1.29, 1.82) is 0 Å². The predicted octanol–water partition coefficient (Wildman–Crippen LogP) is 5.79. The van der Waals surface area contributed by atoms with Gasteiger partial charge in [-0.05, 0) is 67.5 Å². The van der Waals surface area contributed by atoms with Crippen LogP contribution in [-0.4, -0.2) is 46.4 Å². The number of nitrogens with one attached hydrogen (secondary N) is 1. The van der Waals surface area contributed by atoms with Gasteiger partial charge in [-0.1, -0.05) is 32.9 Å². The molecular weight excluding hydrogens is 442 g/mol. The Bertz CT molecular complexity index is 1230. The predicted molar refractivity (Wildman–Crippen MR) is 136 cm³/mol. The first-order valence-electron chi connectivity index (χ1n) is 12.3. The van der Waals surface area contributed by atoms with E-state index in [0.717, 1.165) is 35.1 Å². The number of hydrogen-bond acceptors (Lipinski definition) is 5. The van der Waals surface area contributed by atoms with E-state index in [4.69, 9.17) is 9.47 Å². The number of aryl methyl sites for hydroxylation is 2. The van der Waals surface area contributed by atoms with Gasteiger partial charge in [0.2, 0.25) is 0 Å². The van der Waals surface area contributed by atoms with Gasteiger partial charge < -0.3 is 19.5 Å². The molecule has 2 heterocycles. The van der Waals surface area contributed by atoms with Gasteiger partial charge in [0.15, 0.2) is 11.5 Å². The van der Waals surface area contributed by atoms with Crippen molar-refractivity contribution >= 4 is 5.91 Å². The molecule has 0 saturated heterocycles. The number of phenols is 1. The van der Waals surface area contributed by atoms with E-state index in [0.29, 0.717) is 47.5 Å². The Balaban J connectivity index is 1.81. The van der Waals surface area contributed by atoms with E-state index in [1.807, 2.05) is 49.1 Å². The molecule has 0 fully saturated rings. The number of H-pyrrole nitrogens is 1. The van der Waals surface area contributed by atoms with Crippen molar-refractivity contribution in [1.82, 2.24) is 15.1 Å². The molecule has 7 heteroatoms. The van der Waals surface area contributed by atoms with Gasteiger partial charge in [0.1, 0.15) is 17.1 Å². The normalized spacial score (nSPS) is 15.1. The maximum Gasteiger partial charge on any atom is 0.273 e. The van der Waals surface area contributed by atoms with E-state index in [9.17, 15) is 9.90 Å². The van der Waals surface area contributed by atoms with Gasteiger partial charge in [-0.3, -0.25) is 9.89 Å². The van der Waals surface area contributed by atoms with Crippen molar-refractivity contribution in [3.8, 4) is 28.5 Å². The molecule has 0 spiro atoms. The molecule has 0 saturated carbocycles. The minimum Gasteiger partial charge on any atom is -0.507 e. The summed E-state index contributed by atoms with van der Waals surface area (Å²) in [5, 5.41) is 18.3. The van der Waals surface area contributed by atoms with Crippen LogP contribution in [0.3, 0.4) is 0 Å². The first-order chi connectivity index (χ1) is 16.8. The molecule has 0 radical (unpaired) electrons. The number of ether oxygens (including phenoxy) is 2. The number of hydrogen-bond donors (Lipinski definition) is 2. The zero-order valence-electron chi connectivity index (χ0n) is 21.4. The average Bonchev–Trinajstić information content (AvgIpc) is 3.36. The number of fused-ring (bicyclic) bond motifs is 1. The van der Waals surface area contributed by atoms with Gasteiger partial charge >= 0.3 is 0 Å². The first-order valence-corrected chi connectivity index (χ1v) is 12.3. The fourth-order valence-electron chi connectivity index (χ4n) is 4.74. The molecule has 35 heavy (non-hydrogen) atoms. The van der Waals surface area contributed by atoms with E-state index in [1.54, 1.807) is 7.11 Å². The molecule has 7 nitrogen and oxygen atoms in total. The van der Waals surface area contributed by atoms with E-state index < -0.39 is 0 Å². The number of amides is 1. The van der Waals surface area contributed by atoms with Gasteiger partial charge in [-0.15, -0.1) is 0 Å². The summed E-state index contributed by atoms with van der Waals surface area (Å²) in [5.41, 5.74) is 5.15. The summed E-state index contributed by atoms with van der Waals surface area (Å²) in [6.07, 6.45) is 1.77. The Morgan fingerprint density at radius 3 is 2.63 bits per heavy atom. The summed E-state index contributed by atoms with van der Waals surface area (Å²) in [6, 6.07) is 9.33. The molecule has 1 aliphatic rings. The molecule has 1 aromatic heterocycles. The molecule has 2 aromatic carbocycles. The lowest BCUT2D eigenvalue weighted by Gasteiger charge is -2.26. The van der Waals surface area contributed by atoms with Crippen LogP contribution in [-0.2, 0) is 0 Å². The summed E-state index contributed by atoms with van der Waals surface area (Å²) in [4.78, 5) is 15.3. The summed E-state index contributed by atoms with van der Waals surface area (Å²) >= 11 is 0. The number of methoxy groups -OCH3 is 1. The standard InChI is InChI=1S/C28H35N3O4/c1-7-11-31-26(19-8-9-21(22(15-19)34-6)35-12-10-16(2)3)23-24(29-30-25(23)28(31)33)20-14-17(4)13-18(5)27(20)32/h8-9,13-16,26,32H,7,10-12H2,1-6H3,(H,29,30). The van der Waals surface area contributed by atoms with Crippen LogP contribution >= 0.6 is 0 Å². The minimum absolute atomic E-state index is 0.0920. The van der Waals surface area contributed by atoms with E-state index in [-0.39, 0.29) is 17.7 Å². The second-order valence-corrected chi connectivity index (χ2v) is 9.68. The number of carbonyl (C=O) groups excluding carboxylic acids is 1. The fourth-order valence-corrected chi connectivity index (χ4v) is 4.74. The Labute approximate surface area is 207 Å². The van der Waals surface area contributed by atoms with Crippen LogP contribution in [0.4, 0.5) is 0 Å². The molecule has 4 rings (SSSR count). The molecule has 1 amide bonds. The van der Waals surface area contributed by atoms with Crippen LogP contribution in [0.15, 0.2) is 30.3 Å². The summed E-state index contributed by atoms with van der Waals surface area (Å²) < 4.78 is 11.7. The summed E-state index contributed by atoms with van der Waals surface area (Å²) in [7, 11) is 1.63. The molecule has 0 aliphatic carbocycles. The quantitative estimate of drug-likeness (QED) is 0.407. The van der Waals surface area contributed by atoms with Gasteiger partial charge in [0.25, 0.3) is 5.91 Å². The van der Waals surface area contributed by atoms with Gasteiger partial charge in [-0.2, -0.15) is 5.10 Å². The van der Waals surface area contributed by atoms with E-state index in [2.05, 4.69) is 31.0 Å². The molecule has 3 aromatic rings. The maximum atomic E-state index is 13.4. The number of rotatable bonds is 9. The third kappa shape index (κ3) is 4.59. The Morgan fingerprint density at radius 2 is 1.94 bits per heavy atom. The molecule has 2 N–H and O–H groups in total. The lowest BCUT2D eigenvalue weighted by atomic mass is 9.94. The third-order valence-corrected chi connectivity index (χ3v) is 6.48. The Morgan fingerprint density at radius 1 is 1.17 bits per heavy atom. The van der Waals surface area contributed by atoms with Crippen LogP contribution in [0.1, 0.15) is 72.4 Å². The fraction of sp³-hybridized carbons (Fsp3) is 0.429. The molecular formula is C28H35N3O4. The molecule has 186 valence electrons. The van der Waals surface area contributed by atoms with Crippen molar-refractivity contribution in [2.24, 2.45) is 5.92 Å². The monoisotopic (exact) mass is 477 g/mol. The molecule has 1 unspecified atom stereocenters. The number of phenolic OH excluding ortho intramolecular Hbond substituents is 1. The van der Waals surface area contributed by atoms with Crippen molar-refractivity contribution in [2.75, 3.05) is 20.3 Å². The summed E-state index contributed by atoms with van der Waals surface area (Å²) in [6.45, 7) is 11.4. The van der Waals surface area contributed by atoms with Crippen LogP contribution in [0, 0.1) is 19.8 Å². The van der Waals surface area contributed by atoms with Gasteiger partial charge in [-0.25, -0.2) is 0 Å². The SMILES string of the molecule is CCCN1C(=O)c2[nH]nc(-c3cc(C)cc(C)c3O)c2C1c1ccc(OCCC(C)C)c(OC)c1. The first kappa shape index (κ1) is 24.6. The van der Waals surface area contributed by atoms with Crippen LogP contribution in [0.25, 0.3) is 11.3 Å². The molecule has 1 aliphatic heterocycles. The lowest BCUT2D eigenvalue weighted by molar-refractivity contribution is 0.0743. The van der Waals surface area contributed by atoms with E-state index in [1.165, 1.54) is 0 Å². The van der Waals surface area contributed by atoms with Crippen LogP contribution in [0.2, 0.25) is 0 Å². The van der Waals surface area contributed by atoms with Crippen molar-refractivity contribution < 1.29 is 19.4 Å². The number of nitrogens with zero attached hydrogens (tertiary/aromatic N) is 2. The second kappa shape index (κ2) is 10.0. The lowest BCUT2D eigenvalue weighted by Crippen LogP contribution is -2.30.